The van der Waals surface area contributed by atoms with Crippen LogP contribution in [0.25, 0.3) is 0 Å². The number of aromatic nitrogens is 2. The molecule has 0 unspecified atom stereocenters. The standard InChI is InChI=1S/C12H22N4OS2/c1-3-5-6-7-8-14-10(17)9-18-12-16-15-11(19-12)13-4-2/h3-9H2,1-2H3,(H,13,15)(H,14,17). The summed E-state index contributed by atoms with van der Waals surface area (Å²) < 4.78 is 0.831. The molecule has 108 valence electrons. The second-order valence-corrected chi connectivity index (χ2v) is 6.30. The number of anilines is 1. The van der Waals surface area contributed by atoms with Crippen molar-refractivity contribution < 1.29 is 4.79 Å². The van der Waals surface area contributed by atoms with Gasteiger partial charge >= 0.3 is 0 Å². The van der Waals surface area contributed by atoms with Crippen LogP contribution in [0, 0.1) is 0 Å². The van der Waals surface area contributed by atoms with Crippen LogP contribution in [0.4, 0.5) is 5.13 Å². The molecule has 1 rings (SSSR count). The Bertz CT molecular complexity index is 370. The summed E-state index contributed by atoms with van der Waals surface area (Å²) in [5.74, 6) is 0.482. The van der Waals surface area contributed by atoms with Crippen molar-refractivity contribution in [1.82, 2.24) is 15.5 Å². The molecule has 1 aromatic heterocycles. The summed E-state index contributed by atoms with van der Waals surface area (Å²) in [5.41, 5.74) is 0. The number of nitrogens with zero attached hydrogens (tertiary/aromatic N) is 2. The molecule has 2 N–H and O–H groups in total. The number of hydrogen-bond acceptors (Lipinski definition) is 6. The van der Waals surface area contributed by atoms with Gasteiger partial charge in [-0.15, -0.1) is 10.2 Å². The van der Waals surface area contributed by atoms with Crippen molar-refractivity contribution in [3.8, 4) is 0 Å². The molecule has 7 heteroatoms. The van der Waals surface area contributed by atoms with E-state index in [1.165, 1.54) is 42.4 Å². The highest BCUT2D eigenvalue weighted by atomic mass is 32.2. The lowest BCUT2D eigenvalue weighted by Gasteiger charge is -2.03. The largest absolute Gasteiger partial charge is 0.360 e. The summed E-state index contributed by atoms with van der Waals surface area (Å²) in [7, 11) is 0. The lowest BCUT2D eigenvalue weighted by atomic mass is 10.2. The monoisotopic (exact) mass is 302 g/mol. The van der Waals surface area contributed by atoms with E-state index in [-0.39, 0.29) is 5.91 Å². The Morgan fingerprint density at radius 2 is 2.11 bits per heavy atom. The molecular weight excluding hydrogens is 280 g/mol. The van der Waals surface area contributed by atoms with Gasteiger partial charge in [-0.25, -0.2) is 0 Å². The lowest BCUT2D eigenvalue weighted by Crippen LogP contribution is -2.26. The zero-order valence-corrected chi connectivity index (χ0v) is 13.2. The molecule has 1 heterocycles. The number of nitrogens with one attached hydrogen (secondary N) is 2. The molecule has 0 saturated carbocycles. The third kappa shape index (κ3) is 7.37. The summed E-state index contributed by atoms with van der Waals surface area (Å²) in [6.45, 7) is 5.80. The number of rotatable bonds is 10. The zero-order chi connectivity index (χ0) is 13.9. The van der Waals surface area contributed by atoms with Gasteiger partial charge in [-0.3, -0.25) is 4.79 Å². The average Bonchev–Trinajstić information content (AvgIpc) is 2.84. The van der Waals surface area contributed by atoms with Crippen LogP contribution in [0.5, 0.6) is 0 Å². The fraction of sp³-hybridized carbons (Fsp3) is 0.750. The molecule has 0 aliphatic heterocycles. The van der Waals surface area contributed by atoms with Crippen LogP contribution < -0.4 is 10.6 Å². The van der Waals surface area contributed by atoms with E-state index in [1.54, 1.807) is 0 Å². The number of unbranched alkanes of at least 4 members (excludes halogenated alkanes) is 3. The Labute approximate surface area is 123 Å². The van der Waals surface area contributed by atoms with Gasteiger partial charge in [0.1, 0.15) is 0 Å². The molecule has 1 aromatic rings. The van der Waals surface area contributed by atoms with Crippen molar-refractivity contribution in [2.45, 2.75) is 43.9 Å². The molecule has 0 aliphatic carbocycles. The highest BCUT2D eigenvalue weighted by Crippen LogP contribution is 2.24. The minimum Gasteiger partial charge on any atom is -0.360 e. The molecule has 0 aliphatic rings. The third-order valence-electron chi connectivity index (χ3n) is 2.41. The maximum atomic E-state index is 11.6. The zero-order valence-electron chi connectivity index (χ0n) is 11.6. The van der Waals surface area contributed by atoms with Crippen molar-refractivity contribution in [2.75, 3.05) is 24.2 Å². The highest BCUT2D eigenvalue weighted by molar-refractivity contribution is 8.01. The summed E-state index contributed by atoms with van der Waals surface area (Å²) >= 11 is 2.92. The topological polar surface area (TPSA) is 66.9 Å². The predicted molar refractivity (Wildman–Crippen MR) is 81.9 cm³/mol. The van der Waals surface area contributed by atoms with Gasteiger partial charge < -0.3 is 10.6 Å². The first-order valence-corrected chi connectivity index (χ1v) is 8.53. The van der Waals surface area contributed by atoms with Gasteiger partial charge in [-0.2, -0.15) is 0 Å². The summed E-state index contributed by atoms with van der Waals surface area (Å²) in [6.07, 6.45) is 4.71. The first kappa shape index (κ1) is 16.2. The maximum Gasteiger partial charge on any atom is 0.230 e. The number of hydrogen-bond donors (Lipinski definition) is 2. The van der Waals surface area contributed by atoms with Crippen LogP contribution in [-0.2, 0) is 4.79 Å². The van der Waals surface area contributed by atoms with E-state index >= 15 is 0 Å². The smallest absolute Gasteiger partial charge is 0.230 e. The van der Waals surface area contributed by atoms with Crippen LogP contribution in [0.2, 0.25) is 0 Å². The van der Waals surface area contributed by atoms with Crippen molar-refractivity contribution >= 4 is 34.1 Å². The SMILES string of the molecule is CCCCCCNC(=O)CSc1nnc(NCC)s1. The number of amides is 1. The molecule has 0 radical (unpaired) electrons. The Morgan fingerprint density at radius 3 is 2.84 bits per heavy atom. The molecule has 0 saturated heterocycles. The quantitative estimate of drug-likeness (QED) is 0.514. The predicted octanol–water partition coefficient (Wildman–Crippen LogP) is 2.76. The van der Waals surface area contributed by atoms with E-state index in [4.69, 9.17) is 0 Å². The second-order valence-electron chi connectivity index (χ2n) is 4.10. The molecule has 0 bridgehead atoms. The van der Waals surface area contributed by atoms with Crippen LogP contribution in [0.3, 0.4) is 0 Å². The van der Waals surface area contributed by atoms with E-state index in [9.17, 15) is 4.79 Å². The Kier molecular flexibility index (Phi) is 8.57. The second kappa shape index (κ2) is 10.0. The van der Waals surface area contributed by atoms with Gasteiger partial charge in [0.05, 0.1) is 5.75 Å². The normalized spacial score (nSPS) is 10.4. The van der Waals surface area contributed by atoms with Crippen molar-refractivity contribution in [2.24, 2.45) is 0 Å². The minimum atomic E-state index is 0.0710. The van der Waals surface area contributed by atoms with E-state index < -0.39 is 0 Å². The summed E-state index contributed by atoms with van der Waals surface area (Å²) in [4.78, 5) is 11.6. The van der Waals surface area contributed by atoms with Crippen LogP contribution >= 0.6 is 23.1 Å². The fourth-order valence-corrected chi connectivity index (χ4v) is 3.10. The van der Waals surface area contributed by atoms with Gasteiger partial charge in [0.25, 0.3) is 0 Å². The first-order chi connectivity index (χ1) is 9.26. The maximum absolute atomic E-state index is 11.6. The average molecular weight is 302 g/mol. The van der Waals surface area contributed by atoms with Gasteiger partial charge in [-0.1, -0.05) is 49.3 Å². The Balaban J connectivity index is 2.11. The highest BCUT2D eigenvalue weighted by Gasteiger charge is 2.07. The van der Waals surface area contributed by atoms with E-state index in [0.717, 1.165) is 29.0 Å². The van der Waals surface area contributed by atoms with Gasteiger partial charge in [0, 0.05) is 13.1 Å². The Morgan fingerprint density at radius 1 is 1.26 bits per heavy atom. The van der Waals surface area contributed by atoms with Crippen LogP contribution in [0.15, 0.2) is 4.34 Å². The Hall–Kier alpha value is -0.820. The van der Waals surface area contributed by atoms with E-state index in [0.29, 0.717) is 5.75 Å². The molecule has 0 aromatic carbocycles. The van der Waals surface area contributed by atoms with Crippen molar-refractivity contribution in [1.29, 1.82) is 0 Å². The van der Waals surface area contributed by atoms with E-state index in [2.05, 4.69) is 27.8 Å². The van der Waals surface area contributed by atoms with Gasteiger partial charge in [0.15, 0.2) is 4.34 Å². The summed E-state index contributed by atoms with van der Waals surface area (Å²) in [6, 6.07) is 0. The first-order valence-electron chi connectivity index (χ1n) is 6.73. The molecule has 19 heavy (non-hydrogen) atoms. The van der Waals surface area contributed by atoms with Crippen molar-refractivity contribution in [3.63, 3.8) is 0 Å². The molecule has 1 amide bonds. The molecule has 5 nitrogen and oxygen atoms in total. The number of thioether (sulfide) groups is 1. The van der Waals surface area contributed by atoms with Crippen molar-refractivity contribution in [3.05, 3.63) is 0 Å². The van der Waals surface area contributed by atoms with Gasteiger partial charge in [-0.05, 0) is 13.3 Å². The molecule has 0 spiro atoms. The fourth-order valence-electron chi connectivity index (χ4n) is 1.45. The third-order valence-corrected chi connectivity index (χ3v) is 4.43. The lowest BCUT2D eigenvalue weighted by molar-refractivity contribution is -0.118. The summed E-state index contributed by atoms with van der Waals surface area (Å²) in [5, 5.41) is 14.8. The van der Waals surface area contributed by atoms with Gasteiger partial charge in [0.2, 0.25) is 11.0 Å². The number of carbonyl (C=O) groups excluding carboxylic acids is 1. The van der Waals surface area contributed by atoms with Crippen LogP contribution in [0.1, 0.15) is 39.5 Å². The van der Waals surface area contributed by atoms with E-state index in [1.807, 2.05) is 6.92 Å². The van der Waals surface area contributed by atoms with Crippen LogP contribution in [-0.4, -0.2) is 34.9 Å². The molecular formula is C12H22N4OS2. The molecule has 0 fully saturated rings. The number of carbonyl (C=O) groups is 1. The molecule has 0 atom stereocenters. The minimum absolute atomic E-state index is 0.0710.